The minimum Gasteiger partial charge on any atom is -1.00 e. The summed E-state index contributed by atoms with van der Waals surface area (Å²) in [5.74, 6) is 0.394. The van der Waals surface area contributed by atoms with Crippen molar-refractivity contribution in [3.63, 3.8) is 0 Å². The number of rotatable bonds is 4. The average molecular weight is 435 g/mol. The van der Waals surface area contributed by atoms with E-state index < -0.39 is 23.6 Å². The third kappa shape index (κ3) is 4.82. The van der Waals surface area contributed by atoms with Gasteiger partial charge in [0, 0.05) is 14.8 Å². The van der Waals surface area contributed by atoms with Crippen LogP contribution in [-0.4, -0.2) is 9.79 Å². The maximum atomic E-state index is 13.7. The maximum Gasteiger partial charge on any atom is 1.00 e. The number of hydrogen-bond donors (Lipinski definition) is 3. The topological polar surface area (TPSA) is 57.5 Å². The molecule has 1 aromatic rings. The van der Waals surface area contributed by atoms with Gasteiger partial charge in [0.25, 0.3) is 0 Å². The van der Waals surface area contributed by atoms with Crippen LogP contribution in [0.2, 0.25) is 0 Å². The van der Waals surface area contributed by atoms with Gasteiger partial charge in [0.05, 0.1) is 0 Å². The van der Waals surface area contributed by atoms with Crippen molar-refractivity contribution in [2.24, 2.45) is 5.92 Å². The molecule has 2 rings (SSSR count). The fraction of sp³-hybridized carbons (Fsp3) is 0.500. The van der Waals surface area contributed by atoms with Gasteiger partial charge in [-0.25, -0.2) is 0 Å². The first-order chi connectivity index (χ1) is 8.98. The van der Waals surface area contributed by atoms with Crippen molar-refractivity contribution < 1.29 is 85.1 Å². The number of alkyl halides is 2. The quantitative estimate of drug-likeness (QED) is 0.306. The van der Waals surface area contributed by atoms with Crippen LogP contribution in [0.15, 0.2) is 22.7 Å². The summed E-state index contributed by atoms with van der Waals surface area (Å²) < 4.78 is 37.9. The summed E-state index contributed by atoms with van der Waals surface area (Å²) in [5.41, 5.74) is -4.17. The van der Waals surface area contributed by atoms with Crippen molar-refractivity contribution in [3.8, 4) is 0 Å². The van der Waals surface area contributed by atoms with E-state index in [1.165, 1.54) is 12.1 Å². The molecule has 1 unspecified atom stereocenters. The molecular weight excluding hydrogens is 419 g/mol. The molecule has 0 aromatic heterocycles. The van der Waals surface area contributed by atoms with Crippen LogP contribution >= 0.6 is 36.2 Å². The van der Waals surface area contributed by atoms with Crippen LogP contribution in [-0.2, 0) is 15.0 Å². The predicted octanol–water partition coefficient (Wildman–Crippen LogP) is -1.54. The van der Waals surface area contributed by atoms with E-state index in [0.29, 0.717) is 5.92 Å². The Bertz CT molecular complexity index is 604. The molecular formula is C12H16BrF2Na2O3PS. The normalized spacial score (nSPS) is 18.0. The standard InChI is InChI=1S/C12H14BrF2O3PS.2Na.2H/c1-11(20,7-2-3-7)8-4-5-9(10(13)6-8)12(14,15)19(16,17)18;;;;/h4-7,20H,2-3H2,1H3,(H2,16,17,18);;;;/q;2*+1;2*-1. The Balaban J connectivity index is -0.00000110. The number of hydrogen-bond acceptors (Lipinski definition) is 2. The predicted molar refractivity (Wildman–Crippen MR) is 81.4 cm³/mol. The smallest absolute Gasteiger partial charge is 1.00 e. The molecule has 2 N–H and O–H groups in total. The molecule has 0 bridgehead atoms. The SMILES string of the molecule is CC(S)(c1ccc(C(F)(F)P(=O)(O)O)c(Br)c1)C1CC1.[H-].[H-].[Na+].[Na+]. The van der Waals surface area contributed by atoms with Crippen LogP contribution < -0.4 is 59.1 Å². The van der Waals surface area contributed by atoms with E-state index in [0.717, 1.165) is 24.5 Å². The van der Waals surface area contributed by atoms with E-state index in [-0.39, 0.29) is 66.4 Å². The van der Waals surface area contributed by atoms with Gasteiger partial charge in [-0.2, -0.15) is 21.4 Å². The fourth-order valence-electron chi connectivity index (χ4n) is 2.11. The van der Waals surface area contributed by atoms with E-state index in [1.807, 2.05) is 6.92 Å². The van der Waals surface area contributed by atoms with Crippen LogP contribution in [0.4, 0.5) is 8.78 Å². The minimum absolute atomic E-state index is 0. The summed E-state index contributed by atoms with van der Waals surface area (Å²) in [7, 11) is -5.56. The Kier molecular flexibility index (Phi) is 8.94. The van der Waals surface area contributed by atoms with Crippen molar-refractivity contribution in [3.05, 3.63) is 33.8 Å². The van der Waals surface area contributed by atoms with E-state index in [2.05, 4.69) is 28.6 Å². The molecule has 116 valence electrons. The first-order valence-electron chi connectivity index (χ1n) is 5.94. The summed E-state index contributed by atoms with van der Waals surface area (Å²) in [4.78, 5) is 17.6. The summed E-state index contributed by atoms with van der Waals surface area (Å²) in [6.07, 6.45) is 2.08. The molecule has 1 aromatic carbocycles. The third-order valence-corrected chi connectivity index (χ3v) is 5.87. The van der Waals surface area contributed by atoms with Crippen LogP contribution in [0.5, 0.6) is 0 Å². The average Bonchev–Trinajstić information content (AvgIpc) is 3.10. The van der Waals surface area contributed by atoms with Gasteiger partial charge in [-0.3, -0.25) is 4.57 Å². The molecule has 10 heteroatoms. The van der Waals surface area contributed by atoms with Crippen LogP contribution in [0.25, 0.3) is 0 Å². The van der Waals surface area contributed by atoms with Gasteiger partial charge < -0.3 is 12.6 Å². The van der Waals surface area contributed by atoms with Crippen LogP contribution in [0.1, 0.15) is 33.7 Å². The molecule has 1 fully saturated rings. The van der Waals surface area contributed by atoms with E-state index >= 15 is 0 Å². The minimum atomic E-state index is -5.56. The molecule has 1 aliphatic carbocycles. The molecule has 0 heterocycles. The largest absolute Gasteiger partial charge is 1.00 e. The second-order valence-electron chi connectivity index (χ2n) is 5.20. The molecule has 0 spiro atoms. The monoisotopic (exact) mass is 434 g/mol. The summed E-state index contributed by atoms with van der Waals surface area (Å²) >= 11 is 7.56. The molecule has 0 saturated heterocycles. The molecule has 3 nitrogen and oxygen atoms in total. The summed E-state index contributed by atoms with van der Waals surface area (Å²) in [6, 6.07) is 3.97. The molecule has 1 aliphatic rings. The number of thiol groups is 1. The Morgan fingerprint density at radius 3 is 2.23 bits per heavy atom. The van der Waals surface area contributed by atoms with Crippen molar-refractivity contribution >= 4 is 36.2 Å². The molecule has 1 atom stereocenters. The van der Waals surface area contributed by atoms with Crippen LogP contribution in [0.3, 0.4) is 0 Å². The van der Waals surface area contributed by atoms with Gasteiger partial charge in [0.1, 0.15) is 0 Å². The number of halogens is 3. The molecule has 1 saturated carbocycles. The van der Waals surface area contributed by atoms with E-state index in [9.17, 15) is 13.3 Å². The van der Waals surface area contributed by atoms with E-state index in [1.54, 1.807) is 0 Å². The second kappa shape index (κ2) is 8.17. The van der Waals surface area contributed by atoms with Gasteiger partial charge in [0.2, 0.25) is 0 Å². The van der Waals surface area contributed by atoms with Crippen LogP contribution in [0, 0.1) is 5.92 Å². The summed E-state index contributed by atoms with van der Waals surface area (Å²) in [5, 5.41) is 0. The van der Waals surface area contributed by atoms with Crippen molar-refractivity contribution in [2.45, 2.75) is 30.2 Å². The molecule has 0 radical (unpaired) electrons. The first-order valence-corrected chi connectivity index (χ1v) is 8.79. The zero-order valence-corrected chi connectivity index (χ0v) is 19.9. The zero-order chi connectivity index (χ0) is 15.3. The van der Waals surface area contributed by atoms with Gasteiger partial charge >= 0.3 is 72.4 Å². The molecule has 22 heavy (non-hydrogen) atoms. The van der Waals surface area contributed by atoms with Crippen molar-refractivity contribution in [2.75, 3.05) is 0 Å². The second-order valence-corrected chi connectivity index (χ2v) is 8.63. The van der Waals surface area contributed by atoms with Crippen molar-refractivity contribution in [1.82, 2.24) is 0 Å². The van der Waals surface area contributed by atoms with Gasteiger partial charge in [0.15, 0.2) is 0 Å². The zero-order valence-electron chi connectivity index (χ0n) is 14.6. The van der Waals surface area contributed by atoms with Crippen molar-refractivity contribution in [1.29, 1.82) is 0 Å². The van der Waals surface area contributed by atoms with E-state index in [4.69, 9.17) is 9.79 Å². The van der Waals surface area contributed by atoms with Gasteiger partial charge in [-0.15, -0.1) is 0 Å². The Morgan fingerprint density at radius 1 is 1.36 bits per heavy atom. The fourth-order valence-corrected chi connectivity index (χ4v) is 3.80. The Morgan fingerprint density at radius 2 is 1.86 bits per heavy atom. The Hall–Kier alpha value is 2.06. The van der Waals surface area contributed by atoms with Gasteiger partial charge in [-0.1, -0.05) is 28.1 Å². The number of benzene rings is 1. The third-order valence-electron chi connectivity index (χ3n) is 3.62. The molecule has 0 amide bonds. The van der Waals surface area contributed by atoms with Gasteiger partial charge in [-0.05, 0) is 37.3 Å². The molecule has 0 aliphatic heterocycles. The maximum absolute atomic E-state index is 13.7. The Labute approximate surface area is 189 Å². The summed E-state index contributed by atoms with van der Waals surface area (Å²) in [6.45, 7) is 1.91. The first kappa shape index (κ1) is 24.1.